The van der Waals surface area contributed by atoms with Crippen LogP contribution >= 0.6 is 0 Å². The molecule has 0 spiro atoms. The van der Waals surface area contributed by atoms with E-state index in [1.165, 1.54) is 6.42 Å². The van der Waals surface area contributed by atoms with E-state index in [1.807, 2.05) is 0 Å². The van der Waals surface area contributed by atoms with Gasteiger partial charge >= 0.3 is 0 Å². The maximum absolute atomic E-state index is 11.3. The minimum Gasteiger partial charge on any atom is -0.351 e. The Hall–Kier alpha value is -1.04. The number of nitrogens with zero attached hydrogens (tertiary/aromatic N) is 1. The summed E-state index contributed by atoms with van der Waals surface area (Å²) >= 11 is 0. The van der Waals surface area contributed by atoms with E-state index >= 15 is 0 Å². The Morgan fingerprint density at radius 2 is 1.94 bits per heavy atom. The molecule has 16 heavy (non-hydrogen) atoms. The molecule has 0 aromatic rings. The summed E-state index contributed by atoms with van der Waals surface area (Å²) in [7, 11) is 0. The van der Waals surface area contributed by atoms with Gasteiger partial charge in [-0.3, -0.25) is 4.79 Å². The van der Waals surface area contributed by atoms with Gasteiger partial charge in [0.15, 0.2) is 0 Å². The molecule has 1 N–H and O–H groups in total. The van der Waals surface area contributed by atoms with Crippen LogP contribution in [0.4, 0.5) is 0 Å². The zero-order valence-corrected chi connectivity index (χ0v) is 9.75. The van der Waals surface area contributed by atoms with Crippen LogP contribution in [0.5, 0.6) is 0 Å². The Morgan fingerprint density at radius 3 is 2.44 bits per heavy atom. The molecule has 2 unspecified atom stereocenters. The molecule has 3 nitrogen and oxygen atoms in total. The normalized spacial score (nSPS) is 48.8. The van der Waals surface area contributed by atoms with E-state index < -0.39 is 0 Å². The molecule has 0 radical (unpaired) electrons. The summed E-state index contributed by atoms with van der Waals surface area (Å²) in [5.74, 6) is 1.41. The van der Waals surface area contributed by atoms with E-state index in [-0.39, 0.29) is 16.9 Å². The fraction of sp³-hybridized carbons (Fsp3) is 0.846. The van der Waals surface area contributed by atoms with Gasteiger partial charge in [-0.15, -0.1) is 0 Å². The second-order valence-electron chi connectivity index (χ2n) is 6.31. The number of nitriles is 1. The van der Waals surface area contributed by atoms with Crippen LogP contribution in [-0.2, 0) is 4.79 Å². The molecule has 2 atom stereocenters. The summed E-state index contributed by atoms with van der Waals surface area (Å²) in [6.07, 6.45) is 6.52. The molecule has 4 bridgehead atoms. The quantitative estimate of drug-likeness (QED) is 0.731. The molecule has 4 saturated carbocycles. The predicted molar refractivity (Wildman–Crippen MR) is 59.3 cm³/mol. The van der Waals surface area contributed by atoms with E-state index in [0.29, 0.717) is 11.8 Å². The van der Waals surface area contributed by atoms with Crippen LogP contribution in [-0.4, -0.2) is 11.4 Å². The van der Waals surface area contributed by atoms with Crippen LogP contribution in [0.3, 0.4) is 0 Å². The Balaban J connectivity index is 1.93. The molecule has 4 aliphatic carbocycles. The van der Waals surface area contributed by atoms with Crippen LogP contribution in [0.15, 0.2) is 0 Å². The molecule has 3 heteroatoms. The molecule has 0 aromatic carbocycles. The number of carbonyl (C=O) groups excluding carboxylic acids is 1. The van der Waals surface area contributed by atoms with Crippen molar-refractivity contribution in [2.24, 2.45) is 17.3 Å². The Bertz CT molecular complexity index is 368. The van der Waals surface area contributed by atoms with Crippen molar-refractivity contribution in [1.82, 2.24) is 5.32 Å². The van der Waals surface area contributed by atoms with E-state index in [0.717, 1.165) is 32.1 Å². The second-order valence-corrected chi connectivity index (χ2v) is 6.31. The van der Waals surface area contributed by atoms with Gasteiger partial charge in [0, 0.05) is 12.5 Å². The van der Waals surface area contributed by atoms with E-state index in [2.05, 4.69) is 11.4 Å². The van der Waals surface area contributed by atoms with E-state index in [9.17, 15) is 10.1 Å². The van der Waals surface area contributed by atoms with Gasteiger partial charge in [0.05, 0.1) is 11.5 Å². The first-order valence-corrected chi connectivity index (χ1v) is 6.25. The summed E-state index contributed by atoms with van der Waals surface area (Å²) < 4.78 is 0. The maximum atomic E-state index is 11.3. The maximum Gasteiger partial charge on any atom is 0.217 e. The van der Waals surface area contributed by atoms with Gasteiger partial charge < -0.3 is 5.32 Å². The topological polar surface area (TPSA) is 52.9 Å². The van der Waals surface area contributed by atoms with Gasteiger partial charge in [-0.05, 0) is 50.4 Å². The number of amides is 1. The first kappa shape index (κ1) is 10.1. The summed E-state index contributed by atoms with van der Waals surface area (Å²) in [6, 6.07) is 2.56. The number of hydrogen-bond donors (Lipinski definition) is 1. The largest absolute Gasteiger partial charge is 0.351 e. The van der Waals surface area contributed by atoms with Crippen LogP contribution in [0.1, 0.15) is 45.4 Å². The lowest BCUT2D eigenvalue weighted by molar-refractivity contribution is -0.126. The van der Waals surface area contributed by atoms with Crippen LogP contribution in [0, 0.1) is 28.6 Å². The van der Waals surface area contributed by atoms with Gasteiger partial charge in [-0.1, -0.05) is 0 Å². The van der Waals surface area contributed by atoms with Crippen molar-refractivity contribution in [3.8, 4) is 6.07 Å². The van der Waals surface area contributed by atoms with Crippen molar-refractivity contribution in [1.29, 1.82) is 5.26 Å². The zero-order chi connectivity index (χ0) is 11.4. The monoisotopic (exact) mass is 218 g/mol. The standard InChI is InChI=1S/C13H18N2O/c1-9(16)15-13-5-10-2-11(6-13)4-12(3-10,7-13)8-14/h10-11H,2-7H2,1H3,(H,15,16). The van der Waals surface area contributed by atoms with E-state index in [4.69, 9.17) is 0 Å². The highest BCUT2D eigenvalue weighted by atomic mass is 16.1. The summed E-state index contributed by atoms with van der Waals surface area (Å²) in [5, 5.41) is 12.6. The lowest BCUT2D eigenvalue weighted by atomic mass is 9.47. The Kier molecular flexibility index (Phi) is 1.90. The van der Waals surface area contributed by atoms with Gasteiger partial charge in [0.25, 0.3) is 0 Å². The minimum atomic E-state index is -0.119. The Labute approximate surface area is 96.2 Å². The smallest absolute Gasteiger partial charge is 0.217 e. The number of nitrogens with one attached hydrogen (secondary N) is 1. The van der Waals surface area contributed by atoms with Crippen molar-refractivity contribution in [2.45, 2.75) is 51.0 Å². The highest BCUT2D eigenvalue weighted by molar-refractivity contribution is 5.74. The molecule has 0 heterocycles. The molecule has 1 amide bonds. The highest BCUT2D eigenvalue weighted by Gasteiger charge is 2.58. The van der Waals surface area contributed by atoms with Crippen LogP contribution in [0.25, 0.3) is 0 Å². The van der Waals surface area contributed by atoms with Gasteiger partial charge in [-0.2, -0.15) is 5.26 Å². The van der Waals surface area contributed by atoms with Gasteiger partial charge in [0.1, 0.15) is 0 Å². The van der Waals surface area contributed by atoms with Gasteiger partial charge in [0.2, 0.25) is 5.91 Å². The molecule has 4 fully saturated rings. The van der Waals surface area contributed by atoms with Crippen LogP contribution < -0.4 is 5.32 Å². The van der Waals surface area contributed by atoms with E-state index in [1.54, 1.807) is 6.92 Å². The molecular weight excluding hydrogens is 200 g/mol. The summed E-state index contributed by atoms with van der Waals surface area (Å²) in [5.41, 5.74) is -0.155. The minimum absolute atomic E-state index is 0.0361. The Morgan fingerprint density at radius 1 is 1.31 bits per heavy atom. The molecule has 86 valence electrons. The molecule has 4 aliphatic rings. The zero-order valence-electron chi connectivity index (χ0n) is 9.75. The highest BCUT2D eigenvalue weighted by Crippen LogP contribution is 2.61. The second kappa shape index (κ2) is 3.00. The predicted octanol–water partition coefficient (Wildman–Crippen LogP) is 1.99. The third-order valence-corrected chi connectivity index (χ3v) is 4.74. The molecule has 0 saturated heterocycles. The first-order valence-electron chi connectivity index (χ1n) is 6.25. The third kappa shape index (κ3) is 1.36. The number of carbonyl (C=O) groups is 1. The molecular formula is C13H18N2O. The average molecular weight is 218 g/mol. The third-order valence-electron chi connectivity index (χ3n) is 4.74. The van der Waals surface area contributed by atoms with Crippen molar-refractivity contribution < 1.29 is 4.79 Å². The fourth-order valence-electron chi connectivity index (χ4n) is 4.91. The average Bonchev–Trinajstić information content (AvgIpc) is 2.13. The van der Waals surface area contributed by atoms with Crippen LogP contribution in [0.2, 0.25) is 0 Å². The number of hydrogen-bond acceptors (Lipinski definition) is 2. The molecule has 0 aromatic heterocycles. The SMILES string of the molecule is CC(=O)NC12CC3CC(CC(C#N)(C3)C1)C2. The van der Waals surface area contributed by atoms with Crippen molar-refractivity contribution in [3.05, 3.63) is 0 Å². The lowest BCUT2D eigenvalue weighted by Gasteiger charge is -2.59. The van der Waals surface area contributed by atoms with Crippen molar-refractivity contribution in [3.63, 3.8) is 0 Å². The van der Waals surface area contributed by atoms with Gasteiger partial charge in [-0.25, -0.2) is 0 Å². The first-order chi connectivity index (χ1) is 7.55. The van der Waals surface area contributed by atoms with Crippen molar-refractivity contribution in [2.75, 3.05) is 0 Å². The summed E-state index contributed by atoms with van der Waals surface area (Å²) in [4.78, 5) is 11.3. The molecule has 0 aliphatic heterocycles. The summed E-state index contributed by atoms with van der Waals surface area (Å²) in [6.45, 7) is 1.59. The van der Waals surface area contributed by atoms with Crippen molar-refractivity contribution >= 4 is 5.91 Å². The fourth-order valence-corrected chi connectivity index (χ4v) is 4.91. The lowest BCUT2D eigenvalue weighted by Crippen LogP contribution is -2.62. The number of rotatable bonds is 1. The molecule has 4 rings (SSSR count).